The van der Waals surface area contributed by atoms with E-state index in [9.17, 15) is 13.2 Å². The van der Waals surface area contributed by atoms with Crippen molar-refractivity contribution >= 4 is 18.7 Å². The summed E-state index contributed by atoms with van der Waals surface area (Å²) in [5.41, 5.74) is 0.617. The van der Waals surface area contributed by atoms with Crippen LogP contribution >= 0.6 is 11.6 Å². The summed E-state index contributed by atoms with van der Waals surface area (Å²) in [5.74, 6) is 0. The van der Waals surface area contributed by atoms with Gasteiger partial charge in [-0.1, -0.05) is 26.0 Å². The fourth-order valence-corrected chi connectivity index (χ4v) is 6.91. The van der Waals surface area contributed by atoms with Gasteiger partial charge >= 0.3 is 13.3 Å². The molecule has 1 aromatic carbocycles. The molecule has 0 unspecified atom stereocenters. The predicted octanol–water partition coefficient (Wildman–Crippen LogP) is 5.27. The molecule has 7 fully saturated rings. The molecule has 27 heavy (non-hydrogen) atoms. The maximum absolute atomic E-state index is 12.7. The van der Waals surface area contributed by atoms with Gasteiger partial charge in [0.05, 0.1) is 22.5 Å². The Morgan fingerprint density at radius 1 is 1.19 bits per heavy atom. The first-order valence-corrected chi connectivity index (χ1v) is 10.0. The average molecular weight is 399 g/mol. The Balaban J connectivity index is 1.30. The second kappa shape index (κ2) is 5.06. The van der Waals surface area contributed by atoms with Gasteiger partial charge in [-0.15, -0.1) is 11.6 Å². The zero-order valence-electron chi connectivity index (χ0n) is 15.7. The molecule has 0 aromatic heterocycles. The maximum atomic E-state index is 12.7. The summed E-state index contributed by atoms with van der Waals surface area (Å²) in [6, 6.07) is 5.16. The summed E-state index contributed by atoms with van der Waals surface area (Å²) < 4.78 is 50.8. The molecule has 0 N–H and O–H groups in total. The highest BCUT2D eigenvalue weighted by Crippen LogP contribution is 2.92. The van der Waals surface area contributed by atoms with Crippen LogP contribution < -0.4 is 0 Å². The van der Waals surface area contributed by atoms with Gasteiger partial charge in [0.1, 0.15) is 0 Å². The van der Waals surface area contributed by atoms with Crippen LogP contribution in [0.1, 0.15) is 51.2 Å². The van der Waals surface area contributed by atoms with Crippen molar-refractivity contribution in [1.29, 1.82) is 0 Å². The van der Waals surface area contributed by atoms with Crippen molar-refractivity contribution in [2.45, 2.75) is 69.6 Å². The Hall–Kier alpha value is -0.715. The number of hydrogen-bond acceptors (Lipinski definition) is 2. The van der Waals surface area contributed by atoms with Gasteiger partial charge in [0, 0.05) is 5.41 Å². The van der Waals surface area contributed by atoms with Crippen LogP contribution in [0, 0.1) is 16.2 Å². The summed E-state index contributed by atoms with van der Waals surface area (Å²) in [7, 11) is -0.522. The van der Waals surface area contributed by atoms with E-state index >= 15 is 0 Å². The fraction of sp³-hybridized carbons (Fsp3) is 0.700. The van der Waals surface area contributed by atoms with Crippen molar-refractivity contribution in [2.75, 3.05) is 0 Å². The quantitative estimate of drug-likeness (QED) is 0.510. The lowest BCUT2D eigenvalue weighted by molar-refractivity contribution is -0.434. The molecule has 1 aromatic rings. The van der Waals surface area contributed by atoms with E-state index in [0.717, 1.165) is 24.1 Å². The average Bonchev–Trinajstić information content (AvgIpc) is 2.91. The van der Waals surface area contributed by atoms with Crippen LogP contribution in [-0.2, 0) is 21.9 Å². The normalized spacial score (nSPS) is 42.2. The molecule has 7 heteroatoms. The highest BCUT2D eigenvalue weighted by Gasteiger charge is 2.90. The zero-order valence-corrected chi connectivity index (χ0v) is 16.5. The lowest BCUT2D eigenvalue weighted by Crippen LogP contribution is -2.88. The van der Waals surface area contributed by atoms with Gasteiger partial charge in [-0.05, 0) is 61.1 Å². The van der Waals surface area contributed by atoms with Crippen LogP contribution in [0.5, 0.6) is 0 Å². The molecule has 0 amide bonds. The van der Waals surface area contributed by atoms with Gasteiger partial charge in [0.25, 0.3) is 0 Å². The minimum Gasteiger partial charge on any atom is -0.404 e. The third-order valence-electron chi connectivity index (χ3n) is 8.61. The molecule has 1 saturated heterocycles. The van der Waals surface area contributed by atoms with Gasteiger partial charge in [0.2, 0.25) is 0 Å². The predicted molar refractivity (Wildman–Crippen MR) is 97.4 cm³/mol. The van der Waals surface area contributed by atoms with E-state index in [0.29, 0.717) is 11.8 Å². The maximum Gasteiger partial charge on any atom is 0.477 e. The van der Waals surface area contributed by atoms with Crippen LogP contribution in [0.25, 0.3) is 0 Å². The molecule has 3 atom stereocenters. The van der Waals surface area contributed by atoms with Crippen molar-refractivity contribution < 1.29 is 22.5 Å². The van der Waals surface area contributed by atoms with Crippen molar-refractivity contribution in [3.05, 3.63) is 35.4 Å². The number of rotatable bonds is 3. The van der Waals surface area contributed by atoms with Gasteiger partial charge in [-0.2, -0.15) is 13.2 Å². The first-order valence-electron chi connectivity index (χ1n) is 9.58. The third kappa shape index (κ3) is 2.02. The Labute approximate surface area is 162 Å². The van der Waals surface area contributed by atoms with Crippen LogP contribution in [0.4, 0.5) is 13.2 Å². The first kappa shape index (κ1) is 18.3. The second-order valence-electron chi connectivity index (χ2n) is 9.68. The van der Waals surface area contributed by atoms with Crippen molar-refractivity contribution in [1.82, 2.24) is 0 Å². The molecule has 0 spiro atoms. The monoisotopic (exact) mass is 398 g/mol. The lowest BCUT2D eigenvalue weighted by Gasteiger charge is -2.90. The summed E-state index contributed by atoms with van der Waals surface area (Å²) >= 11 is 6.60. The summed E-state index contributed by atoms with van der Waals surface area (Å²) in [5, 5.41) is -0.435. The van der Waals surface area contributed by atoms with E-state index < -0.39 is 24.1 Å². The molecule has 2 bridgehead atoms. The number of hydrogen-bond donors (Lipinski definition) is 0. The second-order valence-corrected chi connectivity index (χ2v) is 10.2. The molecule has 1 heterocycles. The molecule has 0 radical (unpaired) electrons. The van der Waals surface area contributed by atoms with Crippen molar-refractivity contribution in [3.8, 4) is 0 Å². The first-order chi connectivity index (χ1) is 12.4. The molecule has 6 aliphatic carbocycles. The van der Waals surface area contributed by atoms with Gasteiger partial charge in [-0.25, -0.2) is 0 Å². The van der Waals surface area contributed by atoms with Crippen LogP contribution in [0.2, 0.25) is 0 Å². The Morgan fingerprint density at radius 3 is 2.37 bits per heavy atom. The van der Waals surface area contributed by atoms with Gasteiger partial charge in [0.15, 0.2) is 0 Å². The molecule has 146 valence electrons. The molecule has 6 saturated carbocycles. The summed E-state index contributed by atoms with van der Waals surface area (Å²) in [6.07, 6.45) is -0.419. The minimum atomic E-state index is -4.33. The Morgan fingerprint density at radius 2 is 1.81 bits per heavy atom. The lowest BCUT2D eigenvalue weighted by atomic mass is 9.15. The van der Waals surface area contributed by atoms with Crippen LogP contribution in [0.15, 0.2) is 24.3 Å². The number of halogens is 4. The van der Waals surface area contributed by atoms with E-state index in [1.54, 1.807) is 0 Å². The number of alkyl halides is 4. The largest absolute Gasteiger partial charge is 0.477 e. The minimum absolute atomic E-state index is 0.0619. The zero-order chi connectivity index (χ0) is 19.5. The Kier molecular flexibility index (Phi) is 3.43. The molecular weight excluding hydrogens is 375 g/mol. The molecular formula is C20H23BClF3O2. The van der Waals surface area contributed by atoms with E-state index in [4.69, 9.17) is 20.9 Å². The molecule has 1 aliphatic heterocycles. The highest BCUT2D eigenvalue weighted by atomic mass is 35.5. The molecule has 7 aliphatic rings. The van der Waals surface area contributed by atoms with Crippen molar-refractivity contribution in [2.24, 2.45) is 16.2 Å². The fourth-order valence-electron chi connectivity index (χ4n) is 6.62. The SMILES string of the molecule is CC1(C)C23C[C@H]4OB([C@H](Cl)Cc5ccc(C(F)(F)F)cc5)O[C@@]4(C)C1(C2)C3. The van der Waals surface area contributed by atoms with Crippen LogP contribution in [0.3, 0.4) is 0 Å². The van der Waals surface area contributed by atoms with E-state index in [1.165, 1.54) is 25.0 Å². The standard InChI is InChI=1S/C20H23BClF3O2/c1-16(2)18-9-14-17(3,19(16,10-18)11-18)27-21(26-14)15(22)8-12-4-6-13(7-5-12)20(23,24)25/h4-7,14-15H,8-11H2,1-3H3/t14-,15-,17-,18?,19?/m1/s1. The van der Waals surface area contributed by atoms with Crippen LogP contribution in [-0.4, -0.2) is 24.1 Å². The van der Waals surface area contributed by atoms with E-state index in [2.05, 4.69) is 20.8 Å². The Bertz CT molecular complexity index is 787. The topological polar surface area (TPSA) is 18.5 Å². The van der Waals surface area contributed by atoms with E-state index in [-0.39, 0.29) is 22.5 Å². The third-order valence-corrected chi connectivity index (χ3v) is 8.97. The summed E-state index contributed by atoms with van der Waals surface area (Å²) in [4.78, 5) is 0. The van der Waals surface area contributed by atoms with Crippen molar-refractivity contribution in [3.63, 3.8) is 0 Å². The summed E-state index contributed by atoms with van der Waals surface area (Å²) in [6.45, 7) is 6.86. The van der Waals surface area contributed by atoms with E-state index in [1.807, 2.05) is 0 Å². The number of benzene rings is 1. The van der Waals surface area contributed by atoms with Gasteiger partial charge in [-0.3, -0.25) is 0 Å². The smallest absolute Gasteiger partial charge is 0.404 e. The highest BCUT2D eigenvalue weighted by molar-refractivity contribution is 6.60. The molecule has 8 rings (SSSR count). The molecule has 2 nitrogen and oxygen atoms in total. The van der Waals surface area contributed by atoms with Gasteiger partial charge < -0.3 is 9.31 Å².